The van der Waals surface area contributed by atoms with Gasteiger partial charge in [0.05, 0.1) is 0 Å². The Labute approximate surface area is 128 Å². The van der Waals surface area contributed by atoms with Crippen molar-refractivity contribution in [1.82, 2.24) is 9.88 Å². The topological polar surface area (TPSA) is 36.4 Å². The molecule has 4 nitrogen and oxygen atoms in total. The SMILES string of the molecule is CCC(=O)N(c1ncccc1C)C(C)CN1CCCCC1. The fourth-order valence-corrected chi connectivity index (χ4v) is 3.07. The van der Waals surface area contributed by atoms with Crippen LogP contribution in [-0.2, 0) is 4.79 Å². The van der Waals surface area contributed by atoms with Gasteiger partial charge in [0.15, 0.2) is 0 Å². The van der Waals surface area contributed by atoms with Gasteiger partial charge < -0.3 is 4.90 Å². The van der Waals surface area contributed by atoms with E-state index < -0.39 is 0 Å². The van der Waals surface area contributed by atoms with Crippen molar-refractivity contribution in [3.05, 3.63) is 23.9 Å². The molecule has 0 spiro atoms. The van der Waals surface area contributed by atoms with Crippen molar-refractivity contribution >= 4 is 11.7 Å². The maximum atomic E-state index is 12.4. The molecule has 0 saturated carbocycles. The summed E-state index contributed by atoms with van der Waals surface area (Å²) < 4.78 is 0. The fourth-order valence-electron chi connectivity index (χ4n) is 3.07. The minimum absolute atomic E-state index is 0.154. The number of hydrogen-bond acceptors (Lipinski definition) is 3. The Bertz CT molecular complexity index is 469. The van der Waals surface area contributed by atoms with Gasteiger partial charge in [0.2, 0.25) is 5.91 Å². The van der Waals surface area contributed by atoms with E-state index in [-0.39, 0.29) is 11.9 Å². The van der Waals surface area contributed by atoms with Crippen LogP contribution < -0.4 is 4.90 Å². The lowest BCUT2D eigenvalue weighted by molar-refractivity contribution is -0.118. The quantitative estimate of drug-likeness (QED) is 0.836. The third-order valence-corrected chi connectivity index (χ3v) is 4.19. The van der Waals surface area contributed by atoms with Crippen molar-refractivity contribution in [3.63, 3.8) is 0 Å². The number of nitrogens with zero attached hydrogens (tertiary/aromatic N) is 3. The van der Waals surface area contributed by atoms with E-state index in [2.05, 4.69) is 16.8 Å². The van der Waals surface area contributed by atoms with Crippen LogP contribution in [0.1, 0.15) is 45.1 Å². The normalized spacial score (nSPS) is 17.5. The number of carbonyl (C=O) groups is 1. The number of likely N-dealkylation sites (tertiary alicyclic amines) is 1. The van der Waals surface area contributed by atoms with Crippen LogP contribution in [0.15, 0.2) is 18.3 Å². The number of pyridine rings is 1. The van der Waals surface area contributed by atoms with Crippen LogP contribution in [0, 0.1) is 6.92 Å². The van der Waals surface area contributed by atoms with Gasteiger partial charge in [-0.25, -0.2) is 4.98 Å². The van der Waals surface area contributed by atoms with Gasteiger partial charge in [-0.2, -0.15) is 0 Å². The summed E-state index contributed by atoms with van der Waals surface area (Å²) in [5.41, 5.74) is 1.06. The molecule has 2 heterocycles. The molecule has 1 aromatic rings. The first-order chi connectivity index (χ1) is 10.1. The Kier molecular flexibility index (Phi) is 5.74. The van der Waals surface area contributed by atoms with Crippen molar-refractivity contribution < 1.29 is 4.79 Å². The molecule has 4 heteroatoms. The zero-order chi connectivity index (χ0) is 15.2. The summed E-state index contributed by atoms with van der Waals surface area (Å²) in [6.45, 7) is 9.31. The maximum Gasteiger partial charge on any atom is 0.228 e. The minimum atomic E-state index is 0.154. The monoisotopic (exact) mass is 289 g/mol. The molecule has 1 amide bonds. The molecule has 1 unspecified atom stereocenters. The number of anilines is 1. The van der Waals surface area contributed by atoms with E-state index in [0.29, 0.717) is 6.42 Å². The number of aryl methyl sites for hydroxylation is 1. The number of carbonyl (C=O) groups excluding carboxylic acids is 1. The number of aromatic nitrogens is 1. The van der Waals surface area contributed by atoms with Gasteiger partial charge >= 0.3 is 0 Å². The fraction of sp³-hybridized carbons (Fsp3) is 0.647. The van der Waals surface area contributed by atoms with Crippen LogP contribution in [0.25, 0.3) is 0 Å². The largest absolute Gasteiger partial charge is 0.301 e. The summed E-state index contributed by atoms with van der Waals surface area (Å²) in [6, 6.07) is 4.10. The standard InChI is InChI=1S/C17H27N3O/c1-4-16(21)20(17-14(2)9-8-10-18-17)15(3)13-19-11-6-5-7-12-19/h8-10,15H,4-7,11-13H2,1-3H3. The predicted octanol–water partition coefficient (Wildman–Crippen LogP) is 3.01. The molecule has 1 aliphatic heterocycles. The van der Waals surface area contributed by atoms with Gasteiger partial charge in [-0.1, -0.05) is 19.4 Å². The van der Waals surface area contributed by atoms with Gasteiger partial charge in [0.25, 0.3) is 0 Å². The molecule has 0 N–H and O–H groups in total. The lowest BCUT2D eigenvalue weighted by Crippen LogP contribution is -2.47. The molecule has 1 aliphatic rings. The molecule has 21 heavy (non-hydrogen) atoms. The van der Waals surface area contributed by atoms with Crippen LogP contribution in [0.4, 0.5) is 5.82 Å². The molecular weight excluding hydrogens is 262 g/mol. The Balaban J connectivity index is 2.15. The summed E-state index contributed by atoms with van der Waals surface area (Å²) >= 11 is 0. The molecule has 0 aliphatic carbocycles. The Morgan fingerprint density at radius 3 is 2.71 bits per heavy atom. The highest BCUT2D eigenvalue weighted by Gasteiger charge is 2.25. The van der Waals surface area contributed by atoms with E-state index >= 15 is 0 Å². The zero-order valence-corrected chi connectivity index (χ0v) is 13.5. The number of hydrogen-bond donors (Lipinski definition) is 0. The molecule has 1 fully saturated rings. The van der Waals surface area contributed by atoms with Crippen LogP contribution >= 0.6 is 0 Å². The van der Waals surface area contributed by atoms with Gasteiger partial charge in [-0.3, -0.25) is 9.69 Å². The van der Waals surface area contributed by atoms with E-state index in [9.17, 15) is 4.79 Å². The van der Waals surface area contributed by atoms with Crippen LogP contribution in [0.5, 0.6) is 0 Å². The van der Waals surface area contributed by atoms with E-state index in [1.165, 1.54) is 19.3 Å². The maximum absolute atomic E-state index is 12.4. The third-order valence-electron chi connectivity index (χ3n) is 4.19. The van der Waals surface area contributed by atoms with Crippen molar-refractivity contribution in [1.29, 1.82) is 0 Å². The molecule has 1 saturated heterocycles. The van der Waals surface area contributed by atoms with Gasteiger partial charge in [0, 0.05) is 25.2 Å². The first kappa shape index (κ1) is 16.0. The molecule has 1 aromatic heterocycles. The summed E-state index contributed by atoms with van der Waals surface area (Å²) in [5.74, 6) is 0.968. The number of rotatable bonds is 5. The molecule has 0 radical (unpaired) electrons. The van der Waals surface area contributed by atoms with Gasteiger partial charge in [-0.15, -0.1) is 0 Å². The summed E-state index contributed by atoms with van der Waals surface area (Å²) in [7, 11) is 0. The Hall–Kier alpha value is -1.42. The molecule has 0 aromatic carbocycles. The molecule has 116 valence electrons. The van der Waals surface area contributed by atoms with Crippen LogP contribution in [0.2, 0.25) is 0 Å². The summed E-state index contributed by atoms with van der Waals surface area (Å²) in [4.78, 5) is 21.2. The lowest BCUT2D eigenvalue weighted by atomic mass is 10.1. The van der Waals surface area contributed by atoms with E-state index in [1.54, 1.807) is 6.20 Å². The van der Waals surface area contributed by atoms with E-state index in [0.717, 1.165) is 31.0 Å². The van der Waals surface area contributed by atoms with Crippen LogP contribution in [-0.4, -0.2) is 41.5 Å². The van der Waals surface area contributed by atoms with E-state index in [1.807, 2.05) is 30.9 Å². The second-order valence-corrected chi connectivity index (χ2v) is 5.97. The predicted molar refractivity (Wildman–Crippen MR) is 86.5 cm³/mol. The first-order valence-electron chi connectivity index (χ1n) is 8.09. The van der Waals surface area contributed by atoms with Crippen molar-refractivity contribution in [2.45, 2.75) is 52.5 Å². The molecule has 1 atom stereocenters. The second-order valence-electron chi connectivity index (χ2n) is 5.97. The summed E-state index contributed by atoms with van der Waals surface area (Å²) in [5, 5.41) is 0. The van der Waals surface area contributed by atoms with Crippen molar-refractivity contribution in [2.24, 2.45) is 0 Å². The molecule has 0 bridgehead atoms. The highest BCUT2D eigenvalue weighted by atomic mass is 16.2. The number of piperidine rings is 1. The first-order valence-corrected chi connectivity index (χ1v) is 8.09. The van der Waals surface area contributed by atoms with Crippen molar-refractivity contribution in [2.75, 3.05) is 24.5 Å². The highest BCUT2D eigenvalue weighted by Crippen LogP contribution is 2.21. The average Bonchev–Trinajstić information content (AvgIpc) is 2.50. The lowest BCUT2D eigenvalue weighted by Gasteiger charge is -2.35. The molecular formula is C17H27N3O. The van der Waals surface area contributed by atoms with E-state index in [4.69, 9.17) is 0 Å². The average molecular weight is 289 g/mol. The number of amides is 1. The van der Waals surface area contributed by atoms with Gasteiger partial charge in [-0.05, 0) is 51.4 Å². The second kappa shape index (κ2) is 7.55. The Morgan fingerprint density at radius 2 is 2.10 bits per heavy atom. The Morgan fingerprint density at radius 1 is 1.38 bits per heavy atom. The smallest absolute Gasteiger partial charge is 0.228 e. The highest BCUT2D eigenvalue weighted by molar-refractivity contribution is 5.93. The van der Waals surface area contributed by atoms with Crippen LogP contribution in [0.3, 0.4) is 0 Å². The third kappa shape index (κ3) is 4.03. The van der Waals surface area contributed by atoms with Crippen molar-refractivity contribution in [3.8, 4) is 0 Å². The molecule has 2 rings (SSSR count). The minimum Gasteiger partial charge on any atom is -0.301 e. The van der Waals surface area contributed by atoms with Gasteiger partial charge in [0.1, 0.15) is 5.82 Å². The zero-order valence-electron chi connectivity index (χ0n) is 13.5. The summed E-state index contributed by atoms with van der Waals surface area (Å²) in [6.07, 6.45) is 6.17.